The summed E-state index contributed by atoms with van der Waals surface area (Å²) in [6.07, 6.45) is 2.77. The van der Waals surface area contributed by atoms with E-state index in [-0.39, 0.29) is 5.78 Å². The summed E-state index contributed by atoms with van der Waals surface area (Å²) in [5.74, 6) is 0.539. The van der Waals surface area contributed by atoms with Gasteiger partial charge in [-0.1, -0.05) is 6.92 Å². The third-order valence-corrected chi connectivity index (χ3v) is 2.64. The molecule has 1 rings (SSSR count). The third-order valence-electron chi connectivity index (χ3n) is 1.86. The van der Waals surface area contributed by atoms with Crippen molar-refractivity contribution in [2.45, 2.75) is 19.8 Å². The van der Waals surface area contributed by atoms with Gasteiger partial charge in [-0.2, -0.15) is 0 Å². The van der Waals surface area contributed by atoms with Crippen LogP contribution in [0.15, 0.2) is 11.6 Å². The molecule has 1 aromatic heterocycles. The lowest BCUT2D eigenvalue weighted by atomic mass is 10.0. The third kappa shape index (κ3) is 3.98. The number of hydrogen-bond acceptors (Lipinski definition) is 4. The van der Waals surface area contributed by atoms with Gasteiger partial charge in [0.25, 0.3) is 0 Å². The van der Waals surface area contributed by atoms with Gasteiger partial charge in [0.15, 0.2) is 0 Å². The van der Waals surface area contributed by atoms with Crippen LogP contribution in [0.5, 0.6) is 0 Å². The Labute approximate surface area is 88.1 Å². The van der Waals surface area contributed by atoms with Crippen LogP contribution in [0, 0.1) is 5.92 Å². The molecule has 1 atom stereocenters. The second kappa shape index (κ2) is 5.88. The van der Waals surface area contributed by atoms with Crippen molar-refractivity contribution in [2.24, 2.45) is 5.92 Å². The standard InChI is InChI=1S/C10H15NO2S/c1-8(7-13-2)5-9(12)6-10-11-3-4-14-10/h3-4,8H,5-7H2,1-2H3. The minimum absolute atomic E-state index is 0.240. The molecule has 78 valence electrons. The molecule has 0 aliphatic rings. The highest BCUT2D eigenvalue weighted by Crippen LogP contribution is 2.09. The molecule has 0 aromatic carbocycles. The number of thiazole rings is 1. The van der Waals surface area contributed by atoms with Gasteiger partial charge in [0.1, 0.15) is 5.78 Å². The van der Waals surface area contributed by atoms with Crippen LogP contribution in [-0.4, -0.2) is 24.5 Å². The molecular weight excluding hydrogens is 198 g/mol. The SMILES string of the molecule is COCC(C)CC(=O)Cc1nccs1. The Balaban J connectivity index is 2.29. The van der Waals surface area contributed by atoms with Gasteiger partial charge in [-0.15, -0.1) is 11.3 Å². The Morgan fingerprint density at radius 2 is 2.50 bits per heavy atom. The van der Waals surface area contributed by atoms with E-state index in [1.165, 1.54) is 11.3 Å². The fourth-order valence-electron chi connectivity index (χ4n) is 1.31. The molecule has 0 radical (unpaired) electrons. The minimum atomic E-state index is 0.240. The molecule has 0 spiro atoms. The molecule has 4 heteroatoms. The molecule has 0 aliphatic carbocycles. The molecule has 0 N–H and O–H groups in total. The largest absolute Gasteiger partial charge is 0.384 e. The smallest absolute Gasteiger partial charge is 0.140 e. The average molecular weight is 213 g/mol. The van der Waals surface area contributed by atoms with Crippen molar-refractivity contribution in [3.63, 3.8) is 0 Å². The van der Waals surface area contributed by atoms with Gasteiger partial charge in [-0.05, 0) is 5.92 Å². The highest BCUT2D eigenvalue weighted by molar-refractivity contribution is 7.09. The first kappa shape index (κ1) is 11.3. The number of ketones is 1. The topological polar surface area (TPSA) is 39.2 Å². The van der Waals surface area contributed by atoms with E-state index in [1.807, 2.05) is 12.3 Å². The van der Waals surface area contributed by atoms with Crippen molar-refractivity contribution >= 4 is 17.1 Å². The summed E-state index contributed by atoms with van der Waals surface area (Å²) < 4.78 is 4.97. The van der Waals surface area contributed by atoms with Crippen LogP contribution in [0.25, 0.3) is 0 Å². The zero-order chi connectivity index (χ0) is 10.4. The van der Waals surface area contributed by atoms with Crippen LogP contribution >= 0.6 is 11.3 Å². The van der Waals surface area contributed by atoms with Gasteiger partial charge < -0.3 is 4.74 Å². The van der Waals surface area contributed by atoms with Crippen molar-refractivity contribution in [1.82, 2.24) is 4.98 Å². The van der Waals surface area contributed by atoms with Gasteiger partial charge in [0.05, 0.1) is 11.4 Å². The summed E-state index contributed by atoms with van der Waals surface area (Å²) in [4.78, 5) is 15.6. The fraction of sp³-hybridized carbons (Fsp3) is 0.600. The van der Waals surface area contributed by atoms with Crippen LogP contribution in [-0.2, 0) is 16.0 Å². The highest BCUT2D eigenvalue weighted by Gasteiger charge is 2.10. The Morgan fingerprint density at radius 1 is 1.71 bits per heavy atom. The predicted molar refractivity (Wildman–Crippen MR) is 56.5 cm³/mol. The quantitative estimate of drug-likeness (QED) is 0.724. The average Bonchev–Trinajstić information content (AvgIpc) is 2.56. The molecule has 0 saturated carbocycles. The molecule has 1 heterocycles. The number of rotatable bonds is 6. The lowest BCUT2D eigenvalue weighted by molar-refractivity contribution is -0.119. The van der Waals surface area contributed by atoms with Gasteiger partial charge in [0, 0.05) is 31.7 Å². The summed E-state index contributed by atoms with van der Waals surface area (Å²) in [5.41, 5.74) is 0. The number of hydrogen-bond donors (Lipinski definition) is 0. The number of aromatic nitrogens is 1. The Morgan fingerprint density at radius 3 is 3.07 bits per heavy atom. The van der Waals surface area contributed by atoms with Gasteiger partial charge in [0.2, 0.25) is 0 Å². The molecule has 3 nitrogen and oxygen atoms in total. The second-order valence-corrected chi connectivity index (χ2v) is 4.39. The summed E-state index contributed by atoms with van der Waals surface area (Å²) in [6, 6.07) is 0. The van der Waals surface area contributed by atoms with Crippen LogP contribution in [0.2, 0.25) is 0 Å². The monoisotopic (exact) mass is 213 g/mol. The maximum atomic E-state index is 11.5. The second-order valence-electron chi connectivity index (χ2n) is 3.41. The Hall–Kier alpha value is -0.740. The number of ether oxygens (including phenoxy) is 1. The molecule has 0 fully saturated rings. The van der Waals surface area contributed by atoms with E-state index in [2.05, 4.69) is 4.98 Å². The molecule has 0 saturated heterocycles. The Kier molecular flexibility index (Phi) is 4.76. The van der Waals surface area contributed by atoms with Crippen molar-refractivity contribution in [1.29, 1.82) is 0 Å². The summed E-state index contributed by atoms with van der Waals surface area (Å²) >= 11 is 1.53. The molecule has 0 aliphatic heterocycles. The lowest BCUT2D eigenvalue weighted by Crippen LogP contribution is -2.12. The maximum absolute atomic E-state index is 11.5. The molecule has 14 heavy (non-hydrogen) atoms. The van der Waals surface area contributed by atoms with E-state index in [4.69, 9.17) is 4.74 Å². The maximum Gasteiger partial charge on any atom is 0.140 e. The van der Waals surface area contributed by atoms with E-state index in [1.54, 1.807) is 13.3 Å². The van der Waals surface area contributed by atoms with Crippen molar-refractivity contribution in [3.8, 4) is 0 Å². The summed E-state index contributed by atoms with van der Waals surface area (Å²) in [7, 11) is 1.65. The number of Topliss-reactive ketones (excluding diaryl/α,β-unsaturated/α-hetero) is 1. The summed E-state index contributed by atoms with van der Waals surface area (Å²) in [6.45, 7) is 2.66. The van der Waals surface area contributed by atoms with Gasteiger partial charge in [-0.3, -0.25) is 4.79 Å². The molecule has 1 aromatic rings. The van der Waals surface area contributed by atoms with E-state index in [0.29, 0.717) is 25.4 Å². The zero-order valence-electron chi connectivity index (χ0n) is 8.53. The highest BCUT2D eigenvalue weighted by atomic mass is 32.1. The van der Waals surface area contributed by atoms with Crippen LogP contribution in [0.4, 0.5) is 0 Å². The van der Waals surface area contributed by atoms with E-state index in [9.17, 15) is 4.79 Å². The van der Waals surface area contributed by atoms with Crippen LogP contribution < -0.4 is 0 Å². The first-order valence-electron chi connectivity index (χ1n) is 4.61. The normalized spacial score (nSPS) is 12.7. The van der Waals surface area contributed by atoms with Crippen LogP contribution in [0.1, 0.15) is 18.4 Å². The van der Waals surface area contributed by atoms with Crippen LogP contribution in [0.3, 0.4) is 0 Å². The molecule has 1 unspecified atom stereocenters. The first-order valence-corrected chi connectivity index (χ1v) is 5.49. The number of methoxy groups -OCH3 is 1. The van der Waals surface area contributed by atoms with Crippen molar-refractivity contribution < 1.29 is 9.53 Å². The van der Waals surface area contributed by atoms with Crippen molar-refractivity contribution in [3.05, 3.63) is 16.6 Å². The zero-order valence-corrected chi connectivity index (χ0v) is 9.34. The predicted octanol–water partition coefficient (Wildman–Crippen LogP) is 1.93. The van der Waals surface area contributed by atoms with E-state index >= 15 is 0 Å². The minimum Gasteiger partial charge on any atom is -0.384 e. The van der Waals surface area contributed by atoms with Gasteiger partial charge >= 0.3 is 0 Å². The Bertz CT molecular complexity index is 272. The molecule has 0 bridgehead atoms. The summed E-state index contributed by atoms with van der Waals surface area (Å²) in [5, 5.41) is 2.79. The number of nitrogens with zero attached hydrogens (tertiary/aromatic N) is 1. The van der Waals surface area contributed by atoms with Crippen molar-refractivity contribution in [2.75, 3.05) is 13.7 Å². The van der Waals surface area contributed by atoms with Gasteiger partial charge in [-0.25, -0.2) is 4.98 Å². The van der Waals surface area contributed by atoms with E-state index in [0.717, 1.165) is 5.01 Å². The number of carbonyl (C=O) groups is 1. The molecule has 0 amide bonds. The fourth-order valence-corrected chi connectivity index (χ4v) is 1.96. The molecular formula is C10H15NO2S. The lowest BCUT2D eigenvalue weighted by Gasteiger charge is -2.07. The van der Waals surface area contributed by atoms with E-state index < -0.39 is 0 Å². The number of carbonyl (C=O) groups excluding carboxylic acids is 1. The first-order chi connectivity index (χ1) is 6.72.